The second-order valence-electron chi connectivity index (χ2n) is 8.12. The molecule has 1 N–H and O–H groups in total. The molecule has 0 aliphatic carbocycles. The van der Waals surface area contributed by atoms with E-state index in [4.69, 9.17) is 18.9 Å². The van der Waals surface area contributed by atoms with E-state index in [1.54, 1.807) is 24.4 Å². The van der Waals surface area contributed by atoms with Gasteiger partial charge in [-0.1, -0.05) is 33.8 Å². The molecule has 30 heavy (non-hydrogen) atoms. The van der Waals surface area contributed by atoms with Gasteiger partial charge in [0.05, 0.1) is 26.4 Å². The van der Waals surface area contributed by atoms with Gasteiger partial charge in [-0.3, -0.25) is 4.79 Å². The Morgan fingerprint density at radius 3 is 1.90 bits per heavy atom. The summed E-state index contributed by atoms with van der Waals surface area (Å²) in [5, 5.41) is 9.36. The molecule has 0 aromatic carbocycles. The Hall–Kier alpha value is -2.07. The summed E-state index contributed by atoms with van der Waals surface area (Å²) in [6, 6.07) is 5.08. The molecule has 0 bridgehead atoms. The van der Waals surface area contributed by atoms with Gasteiger partial charge < -0.3 is 28.8 Å². The van der Waals surface area contributed by atoms with Gasteiger partial charge in [0.25, 0.3) is 0 Å². The van der Waals surface area contributed by atoms with E-state index in [1.165, 1.54) is 0 Å². The van der Waals surface area contributed by atoms with Crippen LogP contribution < -0.4 is 4.74 Å². The normalized spacial score (nSPS) is 20.3. The third kappa shape index (κ3) is 6.73. The Morgan fingerprint density at radius 2 is 1.63 bits per heavy atom. The largest absolute Gasteiger partial charge is 0.515 e. The summed E-state index contributed by atoms with van der Waals surface area (Å²) in [4.78, 5) is 25.2. The lowest BCUT2D eigenvalue weighted by molar-refractivity contribution is -0.206. The van der Waals surface area contributed by atoms with Crippen LogP contribution in [0.3, 0.4) is 0 Å². The van der Waals surface area contributed by atoms with Crippen LogP contribution in [0.15, 0.2) is 24.4 Å². The first-order valence-corrected chi connectivity index (χ1v) is 9.96. The summed E-state index contributed by atoms with van der Waals surface area (Å²) in [7, 11) is 0. The summed E-state index contributed by atoms with van der Waals surface area (Å²) < 4.78 is 24.7. The molecule has 0 atom stereocenters. The number of rotatable bonds is 4. The molecular formula is C21H31NO8. The van der Waals surface area contributed by atoms with Crippen LogP contribution in [0.4, 0.5) is 4.79 Å². The van der Waals surface area contributed by atoms with Gasteiger partial charge in [0.1, 0.15) is 18.8 Å². The zero-order valence-electron chi connectivity index (χ0n) is 18.0. The van der Waals surface area contributed by atoms with Crippen LogP contribution in [0, 0.1) is 11.8 Å². The van der Waals surface area contributed by atoms with Crippen LogP contribution in [0.25, 0.3) is 0 Å². The van der Waals surface area contributed by atoms with E-state index >= 15 is 0 Å². The van der Waals surface area contributed by atoms with Crippen LogP contribution in [0.1, 0.15) is 27.7 Å². The Labute approximate surface area is 176 Å². The summed E-state index contributed by atoms with van der Waals surface area (Å²) in [6.07, 6.45) is 0.813. The van der Waals surface area contributed by atoms with E-state index in [2.05, 4.69) is 9.72 Å². The van der Waals surface area contributed by atoms with Crippen molar-refractivity contribution in [2.45, 2.75) is 38.9 Å². The molecule has 168 valence electrons. The fourth-order valence-electron chi connectivity index (χ4n) is 2.32. The van der Waals surface area contributed by atoms with Crippen molar-refractivity contribution in [3.63, 3.8) is 0 Å². The molecule has 0 amide bonds. The highest BCUT2D eigenvalue weighted by Gasteiger charge is 2.46. The number of aromatic nitrogens is 1. The molecule has 4 rings (SSSR count). The minimum absolute atomic E-state index is 0.188. The predicted molar refractivity (Wildman–Crippen MR) is 106 cm³/mol. The second-order valence-corrected chi connectivity index (χ2v) is 8.12. The average molecular weight is 425 g/mol. The lowest BCUT2D eigenvalue weighted by atomic mass is 9.88. The quantitative estimate of drug-likeness (QED) is 0.724. The van der Waals surface area contributed by atoms with Crippen molar-refractivity contribution >= 4 is 11.9 Å². The molecule has 1 aromatic heterocycles. The highest BCUT2D eigenvalue weighted by atomic mass is 16.8. The number of aliphatic hydroxyl groups is 1. The van der Waals surface area contributed by atoms with Crippen molar-refractivity contribution in [2.75, 3.05) is 39.6 Å². The molecule has 1 aromatic rings. The van der Waals surface area contributed by atoms with Crippen molar-refractivity contribution in [1.82, 2.24) is 4.98 Å². The maximum Gasteiger partial charge on any atom is 0.515 e. The first-order chi connectivity index (χ1) is 14.2. The molecule has 4 heterocycles. The summed E-state index contributed by atoms with van der Waals surface area (Å²) in [5.74, 6) is 0.963. The van der Waals surface area contributed by atoms with Crippen molar-refractivity contribution in [1.29, 1.82) is 0 Å². The number of hydrogen-bond acceptors (Lipinski definition) is 9. The van der Waals surface area contributed by atoms with Gasteiger partial charge in [-0.05, 0) is 17.9 Å². The van der Waals surface area contributed by atoms with Crippen LogP contribution >= 0.6 is 0 Å². The second kappa shape index (κ2) is 10.8. The predicted octanol–water partition coefficient (Wildman–Crippen LogP) is 2.01. The molecule has 9 heteroatoms. The van der Waals surface area contributed by atoms with E-state index in [0.29, 0.717) is 45.6 Å². The zero-order chi connectivity index (χ0) is 22.2. The van der Waals surface area contributed by atoms with Gasteiger partial charge in [-0.25, -0.2) is 9.78 Å². The third-order valence-corrected chi connectivity index (χ3v) is 5.16. The van der Waals surface area contributed by atoms with Crippen molar-refractivity contribution < 1.29 is 38.4 Å². The maximum absolute atomic E-state index is 11.6. The van der Waals surface area contributed by atoms with Crippen LogP contribution in [0.2, 0.25) is 0 Å². The van der Waals surface area contributed by atoms with Gasteiger partial charge in [0.15, 0.2) is 11.4 Å². The number of nitrogens with zero attached hydrogens (tertiary/aromatic N) is 1. The fraction of sp³-hybridized carbons (Fsp3) is 0.667. The topological polar surface area (TPSA) is 113 Å². The lowest BCUT2D eigenvalue weighted by Crippen LogP contribution is -2.57. The van der Waals surface area contributed by atoms with Crippen molar-refractivity contribution in [3.8, 4) is 5.88 Å². The first-order valence-electron chi connectivity index (χ1n) is 9.96. The zero-order valence-corrected chi connectivity index (χ0v) is 18.0. The molecule has 3 fully saturated rings. The fourth-order valence-corrected chi connectivity index (χ4v) is 2.32. The summed E-state index contributed by atoms with van der Waals surface area (Å²) >= 11 is 0. The monoisotopic (exact) mass is 425 g/mol. The van der Waals surface area contributed by atoms with Gasteiger partial charge in [0.2, 0.25) is 5.88 Å². The van der Waals surface area contributed by atoms with Crippen LogP contribution in [0.5, 0.6) is 5.88 Å². The lowest BCUT2D eigenvalue weighted by Gasteiger charge is -2.42. The molecular weight excluding hydrogens is 394 g/mol. The SMILES string of the molecule is CC(C)C1(O)COC1.CC(C)C1(OC(=O)Oc2ccccn2)COC1.O=C1COC1. The Bertz CT molecular complexity index is 678. The number of Topliss-reactive ketones (excluding diaryl/α,β-unsaturated/α-hetero) is 1. The standard InChI is InChI=1S/C12H15NO4.C6H12O2.C3H4O2/c1-9(2)12(7-15-8-12)17-11(14)16-10-5-3-4-6-13-10;1-5(2)6(7)3-8-4-6;4-3-1-5-2-3/h3-6,9H,7-8H2,1-2H3;5,7H,3-4H2,1-2H3;1-2H2. The maximum atomic E-state index is 11.6. The number of carbonyl (C=O) groups is 2. The molecule has 0 spiro atoms. The third-order valence-electron chi connectivity index (χ3n) is 5.16. The molecule has 9 nitrogen and oxygen atoms in total. The number of pyridine rings is 1. The Morgan fingerprint density at radius 1 is 1.03 bits per heavy atom. The smallest absolute Gasteiger partial charge is 0.422 e. The highest BCUT2D eigenvalue weighted by molar-refractivity contribution is 5.84. The summed E-state index contributed by atoms with van der Waals surface area (Å²) in [6.45, 7) is 10.5. The molecule has 0 radical (unpaired) electrons. The molecule has 0 saturated carbocycles. The molecule has 3 aliphatic rings. The Kier molecular flexibility index (Phi) is 8.72. The van der Waals surface area contributed by atoms with Crippen LogP contribution in [-0.4, -0.2) is 72.9 Å². The van der Waals surface area contributed by atoms with Gasteiger partial charge >= 0.3 is 6.16 Å². The number of ether oxygens (including phenoxy) is 5. The first kappa shape index (κ1) is 24.2. The van der Waals surface area contributed by atoms with E-state index < -0.39 is 17.4 Å². The minimum atomic E-state index is -0.735. The van der Waals surface area contributed by atoms with E-state index in [1.807, 2.05) is 27.7 Å². The minimum Gasteiger partial charge on any atom is -0.422 e. The number of hydrogen-bond donors (Lipinski definition) is 1. The van der Waals surface area contributed by atoms with Gasteiger partial charge in [0, 0.05) is 12.3 Å². The molecule has 3 aliphatic heterocycles. The number of carbonyl (C=O) groups excluding carboxylic acids is 2. The summed E-state index contributed by atoms with van der Waals surface area (Å²) in [5.41, 5.74) is -1.05. The van der Waals surface area contributed by atoms with E-state index in [-0.39, 0.29) is 17.6 Å². The van der Waals surface area contributed by atoms with Gasteiger partial charge in [-0.15, -0.1) is 0 Å². The van der Waals surface area contributed by atoms with Gasteiger partial charge in [-0.2, -0.15) is 0 Å². The highest BCUT2D eigenvalue weighted by Crippen LogP contribution is 2.30. The van der Waals surface area contributed by atoms with Crippen LogP contribution in [-0.2, 0) is 23.7 Å². The van der Waals surface area contributed by atoms with Crippen molar-refractivity contribution in [3.05, 3.63) is 24.4 Å². The molecule has 0 unspecified atom stereocenters. The number of ketones is 1. The molecule has 3 saturated heterocycles. The van der Waals surface area contributed by atoms with Crippen molar-refractivity contribution in [2.24, 2.45) is 11.8 Å². The van der Waals surface area contributed by atoms with E-state index in [9.17, 15) is 14.7 Å². The van der Waals surface area contributed by atoms with E-state index in [0.717, 1.165) is 0 Å². The Balaban J connectivity index is 0.000000201. The average Bonchev–Trinajstić information content (AvgIpc) is 2.62.